The van der Waals surface area contributed by atoms with E-state index in [0.717, 1.165) is 36.2 Å². The Balaban J connectivity index is 1.56. The predicted molar refractivity (Wildman–Crippen MR) is 99.8 cm³/mol. The fraction of sp³-hybridized carbons (Fsp3) is 0.238. The molecule has 0 saturated heterocycles. The second kappa shape index (κ2) is 7.80. The number of hydrogen-bond donors (Lipinski definition) is 1. The van der Waals surface area contributed by atoms with Crippen molar-refractivity contribution in [2.45, 2.75) is 32.4 Å². The Morgan fingerprint density at radius 3 is 2.64 bits per heavy atom. The van der Waals surface area contributed by atoms with Gasteiger partial charge in [-0.25, -0.2) is 4.68 Å². The molecular formula is C21H19F2N3O2. The predicted octanol–water partition coefficient (Wildman–Crippen LogP) is 3.89. The van der Waals surface area contributed by atoms with Crippen LogP contribution in [0.3, 0.4) is 0 Å². The third kappa shape index (κ3) is 3.60. The van der Waals surface area contributed by atoms with Gasteiger partial charge >= 0.3 is 6.61 Å². The highest BCUT2D eigenvalue weighted by Crippen LogP contribution is 2.28. The molecular weight excluding hydrogens is 364 g/mol. The van der Waals surface area contributed by atoms with Gasteiger partial charge in [0.15, 0.2) is 5.69 Å². The SMILES string of the molecule is O=C(NCc1ccccc1OC(F)F)c1nn(-c2ccccc2)c2c1CCC2. The molecule has 1 aromatic heterocycles. The summed E-state index contributed by atoms with van der Waals surface area (Å²) >= 11 is 0. The molecule has 28 heavy (non-hydrogen) atoms. The normalized spacial score (nSPS) is 12.8. The lowest BCUT2D eigenvalue weighted by molar-refractivity contribution is -0.0504. The summed E-state index contributed by atoms with van der Waals surface area (Å²) < 4.78 is 31.5. The molecule has 1 heterocycles. The van der Waals surface area contributed by atoms with Crippen LogP contribution in [-0.2, 0) is 19.4 Å². The molecule has 1 N–H and O–H groups in total. The third-order valence-corrected chi connectivity index (χ3v) is 4.77. The number of benzene rings is 2. The Kier molecular flexibility index (Phi) is 5.06. The Morgan fingerprint density at radius 1 is 1.11 bits per heavy atom. The Morgan fingerprint density at radius 2 is 1.86 bits per heavy atom. The van der Waals surface area contributed by atoms with Gasteiger partial charge in [-0.15, -0.1) is 0 Å². The number of aromatic nitrogens is 2. The van der Waals surface area contributed by atoms with E-state index in [-0.39, 0.29) is 18.2 Å². The number of fused-ring (bicyclic) bond motifs is 1. The molecule has 1 aliphatic carbocycles. The van der Waals surface area contributed by atoms with Gasteiger partial charge in [0.25, 0.3) is 5.91 Å². The highest BCUT2D eigenvalue weighted by Gasteiger charge is 2.27. The minimum Gasteiger partial charge on any atom is -0.434 e. The van der Waals surface area contributed by atoms with Crippen LogP contribution in [0.4, 0.5) is 8.78 Å². The first-order valence-corrected chi connectivity index (χ1v) is 9.10. The quantitative estimate of drug-likeness (QED) is 0.703. The Hall–Kier alpha value is -3.22. The van der Waals surface area contributed by atoms with E-state index < -0.39 is 6.61 Å². The maximum absolute atomic E-state index is 12.8. The van der Waals surface area contributed by atoms with Crippen molar-refractivity contribution in [1.82, 2.24) is 15.1 Å². The number of alkyl halides is 2. The van der Waals surface area contributed by atoms with Crippen LogP contribution in [0.1, 0.15) is 33.7 Å². The summed E-state index contributed by atoms with van der Waals surface area (Å²) in [5.41, 5.74) is 3.80. The second-order valence-corrected chi connectivity index (χ2v) is 6.54. The van der Waals surface area contributed by atoms with Crippen LogP contribution in [0.15, 0.2) is 54.6 Å². The van der Waals surface area contributed by atoms with Crippen LogP contribution in [0.5, 0.6) is 5.75 Å². The molecule has 1 amide bonds. The number of para-hydroxylation sites is 2. The van der Waals surface area contributed by atoms with E-state index in [9.17, 15) is 13.6 Å². The van der Waals surface area contributed by atoms with E-state index in [4.69, 9.17) is 0 Å². The molecule has 0 saturated carbocycles. The second-order valence-electron chi connectivity index (χ2n) is 6.54. The maximum atomic E-state index is 12.8. The van der Waals surface area contributed by atoms with Gasteiger partial charge in [-0.2, -0.15) is 13.9 Å². The van der Waals surface area contributed by atoms with Gasteiger partial charge in [-0.05, 0) is 37.5 Å². The zero-order chi connectivity index (χ0) is 19.5. The summed E-state index contributed by atoms with van der Waals surface area (Å²) in [6.07, 6.45) is 2.65. The number of carbonyl (C=O) groups is 1. The largest absolute Gasteiger partial charge is 0.434 e. The van der Waals surface area contributed by atoms with Crippen molar-refractivity contribution in [2.24, 2.45) is 0 Å². The summed E-state index contributed by atoms with van der Waals surface area (Å²) in [7, 11) is 0. The summed E-state index contributed by atoms with van der Waals surface area (Å²) in [6.45, 7) is -2.84. The van der Waals surface area contributed by atoms with Gasteiger partial charge in [-0.1, -0.05) is 36.4 Å². The van der Waals surface area contributed by atoms with E-state index in [1.54, 1.807) is 18.2 Å². The van der Waals surface area contributed by atoms with Crippen LogP contribution in [0.2, 0.25) is 0 Å². The minimum absolute atomic E-state index is 0.0536. The molecule has 0 fully saturated rings. The molecule has 0 bridgehead atoms. The van der Waals surface area contributed by atoms with Crippen molar-refractivity contribution < 1.29 is 18.3 Å². The van der Waals surface area contributed by atoms with Crippen molar-refractivity contribution in [3.63, 3.8) is 0 Å². The molecule has 7 heteroatoms. The maximum Gasteiger partial charge on any atom is 0.387 e. The molecule has 0 unspecified atom stereocenters. The lowest BCUT2D eigenvalue weighted by Gasteiger charge is -2.11. The molecule has 5 nitrogen and oxygen atoms in total. The van der Waals surface area contributed by atoms with Gasteiger partial charge in [0.05, 0.1) is 5.69 Å². The van der Waals surface area contributed by atoms with Crippen LogP contribution in [-0.4, -0.2) is 22.3 Å². The summed E-state index contributed by atoms with van der Waals surface area (Å²) in [5, 5.41) is 7.32. The van der Waals surface area contributed by atoms with Crippen molar-refractivity contribution in [2.75, 3.05) is 0 Å². The van der Waals surface area contributed by atoms with E-state index in [1.165, 1.54) is 6.07 Å². The first-order valence-electron chi connectivity index (χ1n) is 9.10. The molecule has 0 atom stereocenters. The molecule has 0 aliphatic heterocycles. The first-order chi connectivity index (χ1) is 13.6. The number of rotatable bonds is 6. The molecule has 2 aromatic carbocycles. The van der Waals surface area contributed by atoms with Gasteiger partial charge in [0, 0.05) is 23.4 Å². The van der Waals surface area contributed by atoms with Crippen LogP contribution < -0.4 is 10.1 Å². The van der Waals surface area contributed by atoms with Crippen LogP contribution in [0, 0.1) is 0 Å². The van der Waals surface area contributed by atoms with E-state index in [0.29, 0.717) is 11.3 Å². The first kappa shape index (κ1) is 18.2. The zero-order valence-electron chi connectivity index (χ0n) is 15.1. The minimum atomic E-state index is -2.92. The zero-order valence-corrected chi connectivity index (χ0v) is 15.1. The van der Waals surface area contributed by atoms with Gasteiger partial charge in [0.1, 0.15) is 5.75 Å². The highest BCUT2D eigenvalue weighted by molar-refractivity contribution is 5.94. The van der Waals surface area contributed by atoms with Crippen molar-refractivity contribution >= 4 is 5.91 Å². The van der Waals surface area contributed by atoms with Crippen LogP contribution in [0.25, 0.3) is 5.69 Å². The monoisotopic (exact) mass is 383 g/mol. The molecule has 4 rings (SSSR count). The summed E-state index contributed by atoms with van der Waals surface area (Å²) in [6, 6.07) is 16.1. The summed E-state index contributed by atoms with van der Waals surface area (Å²) in [5.74, 6) is -0.266. The average molecular weight is 383 g/mol. The number of amides is 1. The number of carbonyl (C=O) groups excluding carboxylic acids is 1. The van der Waals surface area contributed by atoms with Crippen LogP contribution >= 0.6 is 0 Å². The number of nitrogens with one attached hydrogen (secondary N) is 1. The standard InChI is InChI=1S/C21H19F2N3O2/c22-21(23)28-18-12-5-4-7-14(18)13-24-20(27)19-16-10-6-11-17(16)26(25-19)15-8-2-1-3-9-15/h1-5,7-9,12,21H,6,10-11,13H2,(H,24,27). The number of nitrogens with zero attached hydrogens (tertiary/aromatic N) is 2. The number of hydrogen-bond acceptors (Lipinski definition) is 3. The Bertz CT molecular complexity index is 987. The lowest BCUT2D eigenvalue weighted by atomic mass is 10.1. The topological polar surface area (TPSA) is 56.1 Å². The van der Waals surface area contributed by atoms with E-state index in [1.807, 2.05) is 35.0 Å². The molecule has 3 aromatic rings. The molecule has 0 spiro atoms. The molecule has 1 aliphatic rings. The van der Waals surface area contributed by atoms with Crippen molar-refractivity contribution in [1.29, 1.82) is 0 Å². The lowest BCUT2D eigenvalue weighted by Crippen LogP contribution is -2.25. The van der Waals surface area contributed by atoms with Crippen molar-refractivity contribution in [3.8, 4) is 11.4 Å². The molecule has 0 radical (unpaired) electrons. The van der Waals surface area contributed by atoms with E-state index in [2.05, 4.69) is 15.2 Å². The van der Waals surface area contributed by atoms with Crippen molar-refractivity contribution in [3.05, 3.63) is 77.1 Å². The highest BCUT2D eigenvalue weighted by atomic mass is 19.3. The average Bonchev–Trinajstić information content (AvgIpc) is 3.30. The fourth-order valence-electron chi connectivity index (χ4n) is 3.52. The molecule has 144 valence electrons. The Labute approximate surface area is 160 Å². The van der Waals surface area contributed by atoms with E-state index >= 15 is 0 Å². The van der Waals surface area contributed by atoms with Gasteiger partial charge in [0.2, 0.25) is 0 Å². The number of halogens is 2. The third-order valence-electron chi connectivity index (χ3n) is 4.77. The summed E-state index contributed by atoms with van der Waals surface area (Å²) in [4.78, 5) is 12.8. The van der Waals surface area contributed by atoms with Gasteiger partial charge < -0.3 is 10.1 Å². The number of ether oxygens (including phenoxy) is 1. The fourth-order valence-corrected chi connectivity index (χ4v) is 3.52. The van der Waals surface area contributed by atoms with Gasteiger partial charge in [-0.3, -0.25) is 4.79 Å². The smallest absolute Gasteiger partial charge is 0.387 e.